The van der Waals surface area contributed by atoms with E-state index in [2.05, 4.69) is 29.0 Å². The predicted molar refractivity (Wildman–Crippen MR) is 76.7 cm³/mol. The Morgan fingerprint density at radius 3 is 2.78 bits per heavy atom. The summed E-state index contributed by atoms with van der Waals surface area (Å²) in [6, 6.07) is 0. The average Bonchev–Trinajstić information content (AvgIpc) is 2.78. The van der Waals surface area contributed by atoms with E-state index >= 15 is 0 Å². The van der Waals surface area contributed by atoms with Crippen LogP contribution in [0, 0.1) is 6.92 Å². The summed E-state index contributed by atoms with van der Waals surface area (Å²) in [5, 5.41) is 5.82. The number of nitrogens with zero attached hydrogens (tertiary/aromatic N) is 2. The summed E-state index contributed by atoms with van der Waals surface area (Å²) >= 11 is 1.58. The van der Waals surface area contributed by atoms with E-state index in [1.54, 1.807) is 17.4 Å². The Bertz CT molecular complexity index is 397. The van der Waals surface area contributed by atoms with Crippen LogP contribution in [-0.2, 0) is 4.79 Å². The average molecular weight is 267 g/mol. The molecule has 1 heterocycles. The van der Waals surface area contributed by atoms with E-state index in [4.69, 9.17) is 0 Å². The molecule has 4 nitrogen and oxygen atoms in total. The zero-order valence-corrected chi connectivity index (χ0v) is 12.1. The van der Waals surface area contributed by atoms with Gasteiger partial charge >= 0.3 is 0 Å². The molecule has 1 N–H and O–H groups in total. The van der Waals surface area contributed by atoms with Gasteiger partial charge in [0.25, 0.3) is 0 Å². The number of hydrogen-bond donors (Lipinski definition) is 1. The molecule has 0 aromatic carbocycles. The van der Waals surface area contributed by atoms with Gasteiger partial charge in [0.15, 0.2) is 0 Å². The number of hydrogen-bond acceptors (Lipinski definition) is 4. The van der Waals surface area contributed by atoms with E-state index in [0.717, 1.165) is 30.3 Å². The Balaban J connectivity index is 2.27. The molecule has 0 bridgehead atoms. The number of thiazole rings is 1. The van der Waals surface area contributed by atoms with Gasteiger partial charge in [-0.2, -0.15) is 0 Å². The Morgan fingerprint density at radius 2 is 2.22 bits per heavy atom. The molecule has 0 aliphatic carbocycles. The second-order valence-corrected chi connectivity index (χ2v) is 5.00. The van der Waals surface area contributed by atoms with Crippen molar-refractivity contribution in [1.29, 1.82) is 0 Å². The maximum absolute atomic E-state index is 11.5. The van der Waals surface area contributed by atoms with E-state index in [-0.39, 0.29) is 5.91 Å². The molecule has 1 aromatic rings. The number of amides is 1. The van der Waals surface area contributed by atoms with Crippen LogP contribution in [0.4, 0.5) is 0 Å². The fourth-order valence-corrected chi connectivity index (χ4v) is 2.13. The standard InChI is InChI=1S/C13H21N3OS/c1-4-16(5-2)9-8-14-13(17)7-6-12-10-18-11(3)15-12/h6-7,10H,4-5,8-9H2,1-3H3,(H,14,17)/b7-6+. The Hall–Kier alpha value is -1.20. The third kappa shape index (κ3) is 5.42. The fourth-order valence-electron chi connectivity index (χ4n) is 1.55. The largest absolute Gasteiger partial charge is 0.351 e. The minimum Gasteiger partial charge on any atom is -0.351 e. The molecule has 0 spiro atoms. The molecule has 18 heavy (non-hydrogen) atoms. The third-order valence-corrected chi connectivity index (χ3v) is 3.46. The lowest BCUT2D eigenvalue weighted by Crippen LogP contribution is -2.34. The van der Waals surface area contributed by atoms with Crippen molar-refractivity contribution in [3.05, 3.63) is 22.2 Å². The van der Waals surface area contributed by atoms with Crippen molar-refractivity contribution in [3.8, 4) is 0 Å². The van der Waals surface area contributed by atoms with Gasteiger partial charge in [-0.3, -0.25) is 4.79 Å². The first-order valence-electron chi connectivity index (χ1n) is 6.26. The second kappa shape index (κ2) is 8.00. The summed E-state index contributed by atoms with van der Waals surface area (Å²) < 4.78 is 0. The highest BCUT2D eigenvalue weighted by Crippen LogP contribution is 2.08. The van der Waals surface area contributed by atoms with Gasteiger partial charge in [-0.05, 0) is 26.1 Å². The van der Waals surface area contributed by atoms with Crippen LogP contribution in [0.5, 0.6) is 0 Å². The Labute approximate surface area is 113 Å². The van der Waals surface area contributed by atoms with E-state index in [1.165, 1.54) is 6.08 Å². The highest BCUT2D eigenvalue weighted by atomic mass is 32.1. The van der Waals surface area contributed by atoms with Crippen molar-refractivity contribution in [3.63, 3.8) is 0 Å². The molecular formula is C13H21N3OS. The van der Waals surface area contributed by atoms with Crippen LogP contribution in [0.1, 0.15) is 24.5 Å². The highest BCUT2D eigenvalue weighted by molar-refractivity contribution is 7.09. The lowest BCUT2D eigenvalue weighted by molar-refractivity contribution is -0.116. The number of likely N-dealkylation sites (N-methyl/N-ethyl adjacent to an activating group) is 1. The van der Waals surface area contributed by atoms with Crippen LogP contribution in [0.3, 0.4) is 0 Å². The number of rotatable bonds is 7. The number of nitrogens with one attached hydrogen (secondary N) is 1. The minimum absolute atomic E-state index is 0.0622. The molecule has 0 fully saturated rings. The monoisotopic (exact) mass is 267 g/mol. The van der Waals surface area contributed by atoms with Gasteiger partial charge in [0, 0.05) is 24.5 Å². The summed E-state index contributed by atoms with van der Waals surface area (Å²) in [6.45, 7) is 9.79. The highest BCUT2D eigenvalue weighted by Gasteiger charge is 2.00. The van der Waals surface area contributed by atoms with Crippen molar-refractivity contribution >= 4 is 23.3 Å². The van der Waals surface area contributed by atoms with Gasteiger partial charge < -0.3 is 10.2 Å². The lowest BCUT2D eigenvalue weighted by Gasteiger charge is -2.17. The maximum atomic E-state index is 11.5. The summed E-state index contributed by atoms with van der Waals surface area (Å²) in [7, 11) is 0. The summed E-state index contributed by atoms with van der Waals surface area (Å²) in [5.41, 5.74) is 0.844. The van der Waals surface area contributed by atoms with Crippen molar-refractivity contribution in [2.24, 2.45) is 0 Å². The smallest absolute Gasteiger partial charge is 0.244 e. The minimum atomic E-state index is -0.0622. The Morgan fingerprint density at radius 1 is 1.50 bits per heavy atom. The van der Waals surface area contributed by atoms with Crippen LogP contribution in [-0.4, -0.2) is 42.0 Å². The molecule has 1 rings (SSSR count). The van der Waals surface area contributed by atoms with Crippen LogP contribution in [0.15, 0.2) is 11.5 Å². The number of carbonyl (C=O) groups is 1. The number of carbonyl (C=O) groups excluding carboxylic acids is 1. The zero-order chi connectivity index (χ0) is 13.4. The first kappa shape index (κ1) is 14.9. The zero-order valence-electron chi connectivity index (χ0n) is 11.3. The Kier molecular flexibility index (Phi) is 6.60. The molecule has 0 aliphatic heterocycles. The predicted octanol–water partition coefficient (Wildman–Crippen LogP) is 1.92. The van der Waals surface area contributed by atoms with E-state index in [0.29, 0.717) is 6.54 Å². The van der Waals surface area contributed by atoms with Gasteiger partial charge in [0.05, 0.1) is 10.7 Å². The lowest BCUT2D eigenvalue weighted by atomic mass is 10.4. The number of aromatic nitrogens is 1. The molecular weight excluding hydrogens is 246 g/mol. The van der Waals surface area contributed by atoms with Crippen LogP contribution in [0.2, 0.25) is 0 Å². The van der Waals surface area contributed by atoms with Crippen LogP contribution in [0.25, 0.3) is 6.08 Å². The van der Waals surface area contributed by atoms with Crippen LogP contribution >= 0.6 is 11.3 Å². The van der Waals surface area contributed by atoms with E-state index in [9.17, 15) is 4.79 Å². The molecule has 1 aromatic heterocycles. The maximum Gasteiger partial charge on any atom is 0.244 e. The van der Waals surface area contributed by atoms with Crippen LogP contribution < -0.4 is 5.32 Å². The molecule has 0 unspecified atom stereocenters. The van der Waals surface area contributed by atoms with Crippen molar-refractivity contribution in [2.75, 3.05) is 26.2 Å². The molecule has 0 saturated carbocycles. The molecule has 0 aliphatic rings. The van der Waals surface area contributed by atoms with Gasteiger partial charge in [-0.1, -0.05) is 13.8 Å². The van der Waals surface area contributed by atoms with Crippen molar-refractivity contribution in [2.45, 2.75) is 20.8 Å². The first-order chi connectivity index (χ1) is 8.65. The van der Waals surface area contributed by atoms with Gasteiger partial charge in [0.2, 0.25) is 5.91 Å². The summed E-state index contributed by atoms with van der Waals surface area (Å²) in [6.07, 6.45) is 3.28. The molecule has 5 heteroatoms. The third-order valence-electron chi connectivity index (χ3n) is 2.66. The molecule has 0 atom stereocenters. The second-order valence-electron chi connectivity index (χ2n) is 3.94. The quantitative estimate of drug-likeness (QED) is 0.768. The van der Waals surface area contributed by atoms with E-state index in [1.807, 2.05) is 12.3 Å². The molecule has 100 valence electrons. The summed E-state index contributed by atoms with van der Waals surface area (Å²) in [4.78, 5) is 18.1. The van der Waals surface area contributed by atoms with E-state index < -0.39 is 0 Å². The van der Waals surface area contributed by atoms with Gasteiger partial charge in [0.1, 0.15) is 0 Å². The molecule has 0 radical (unpaired) electrons. The fraction of sp³-hybridized carbons (Fsp3) is 0.538. The molecule has 0 saturated heterocycles. The van der Waals surface area contributed by atoms with Crippen molar-refractivity contribution < 1.29 is 4.79 Å². The van der Waals surface area contributed by atoms with Gasteiger partial charge in [-0.25, -0.2) is 4.98 Å². The SMILES string of the molecule is CCN(CC)CCNC(=O)/C=C/c1csc(C)n1. The molecule has 1 amide bonds. The first-order valence-corrected chi connectivity index (χ1v) is 7.14. The van der Waals surface area contributed by atoms with Crippen molar-refractivity contribution in [1.82, 2.24) is 15.2 Å². The van der Waals surface area contributed by atoms with Gasteiger partial charge in [-0.15, -0.1) is 11.3 Å². The summed E-state index contributed by atoms with van der Waals surface area (Å²) in [5.74, 6) is -0.0622. The topological polar surface area (TPSA) is 45.2 Å². The number of aryl methyl sites for hydroxylation is 1. The normalized spacial score (nSPS) is 11.3.